The summed E-state index contributed by atoms with van der Waals surface area (Å²) in [6.45, 7) is 0. The average molecular weight is 253 g/mol. The molecule has 0 heterocycles. The van der Waals surface area contributed by atoms with E-state index in [0.717, 1.165) is 11.3 Å². The Balaban J connectivity index is 2.05. The molecule has 0 bridgehead atoms. The van der Waals surface area contributed by atoms with Crippen LogP contribution >= 0.6 is 0 Å². The zero-order chi connectivity index (χ0) is 13.5. The predicted octanol–water partition coefficient (Wildman–Crippen LogP) is 2.49. The van der Waals surface area contributed by atoms with Gasteiger partial charge in [0, 0.05) is 12.6 Å². The molecule has 0 aliphatic heterocycles. The number of carbonyl (C=O) groups excluding carboxylic acids is 1. The van der Waals surface area contributed by atoms with Gasteiger partial charge in [-0.1, -0.05) is 30.3 Å². The molecule has 0 spiro atoms. The summed E-state index contributed by atoms with van der Waals surface area (Å²) in [7, 11) is 1.61. The van der Waals surface area contributed by atoms with Crippen LogP contribution in [0, 0.1) is 0 Å². The number of anilines is 1. The minimum absolute atomic E-state index is 0.105. The number of rotatable bonds is 4. The summed E-state index contributed by atoms with van der Waals surface area (Å²) in [6.07, 6.45) is 1.68. The first-order valence-corrected chi connectivity index (χ1v) is 5.96. The zero-order valence-electron chi connectivity index (χ0n) is 10.6. The highest BCUT2D eigenvalue weighted by atomic mass is 16.1. The fourth-order valence-electron chi connectivity index (χ4n) is 1.60. The van der Waals surface area contributed by atoms with Crippen molar-refractivity contribution in [3.8, 4) is 0 Å². The van der Waals surface area contributed by atoms with Crippen LogP contribution in [0.4, 0.5) is 5.69 Å². The van der Waals surface area contributed by atoms with Crippen molar-refractivity contribution in [1.82, 2.24) is 5.32 Å². The summed E-state index contributed by atoms with van der Waals surface area (Å²) < 4.78 is 0. The van der Waals surface area contributed by atoms with Crippen LogP contribution in [0.15, 0.2) is 59.7 Å². The first-order valence-electron chi connectivity index (χ1n) is 5.96. The van der Waals surface area contributed by atoms with E-state index < -0.39 is 0 Å². The van der Waals surface area contributed by atoms with E-state index in [-0.39, 0.29) is 5.91 Å². The third-order valence-electron chi connectivity index (χ3n) is 2.56. The van der Waals surface area contributed by atoms with Gasteiger partial charge in [0.2, 0.25) is 0 Å². The van der Waals surface area contributed by atoms with E-state index in [1.54, 1.807) is 25.4 Å². The molecule has 2 aromatic carbocycles. The molecule has 0 saturated heterocycles. The maximum atomic E-state index is 11.5. The number of hydrazone groups is 1. The topological polar surface area (TPSA) is 53.5 Å². The molecule has 0 fully saturated rings. The van der Waals surface area contributed by atoms with Crippen molar-refractivity contribution in [2.24, 2.45) is 5.10 Å². The molecule has 0 saturated carbocycles. The highest BCUT2D eigenvalue weighted by Gasteiger charge is 2.01. The van der Waals surface area contributed by atoms with E-state index in [1.807, 2.05) is 42.5 Å². The second kappa shape index (κ2) is 6.35. The molecule has 4 nitrogen and oxygen atoms in total. The fraction of sp³-hybridized carbons (Fsp3) is 0.0667. The second-order valence-corrected chi connectivity index (χ2v) is 3.94. The third kappa shape index (κ3) is 3.67. The van der Waals surface area contributed by atoms with Gasteiger partial charge < -0.3 is 5.32 Å². The maximum Gasteiger partial charge on any atom is 0.251 e. The molecule has 0 unspecified atom stereocenters. The van der Waals surface area contributed by atoms with Crippen molar-refractivity contribution in [3.63, 3.8) is 0 Å². The van der Waals surface area contributed by atoms with Crippen LogP contribution in [0.3, 0.4) is 0 Å². The van der Waals surface area contributed by atoms with Crippen LogP contribution in [0.5, 0.6) is 0 Å². The zero-order valence-corrected chi connectivity index (χ0v) is 10.6. The Hall–Kier alpha value is -2.62. The van der Waals surface area contributed by atoms with E-state index in [0.29, 0.717) is 5.56 Å². The van der Waals surface area contributed by atoms with Gasteiger partial charge >= 0.3 is 0 Å². The number of amides is 1. The predicted molar refractivity (Wildman–Crippen MR) is 77.5 cm³/mol. The third-order valence-corrected chi connectivity index (χ3v) is 2.56. The van der Waals surface area contributed by atoms with E-state index in [1.165, 1.54) is 0 Å². The van der Waals surface area contributed by atoms with Gasteiger partial charge in [0.05, 0.1) is 11.9 Å². The molecule has 0 aliphatic carbocycles. The molecular weight excluding hydrogens is 238 g/mol. The number of benzene rings is 2. The quantitative estimate of drug-likeness (QED) is 0.649. The molecule has 19 heavy (non-hydrogen) atoms. The lowest BCUT2D eigenvalue weighted by Gasteiger charge is -2.01. The summed E-state index contributed by atoms with van der Waals surface area (Å²) >= 11 is 0. The summed E-state index contributed by atoms with van der Waals surface area (Å²) in [5.74, 6) is -0.105. The van der Waals surface area contributed by atoms with Crippen LogP contribution in [-0.2, 0) is 0 Å². The Morgan fingerprint density at radius 3 is 2.63 bits per heavy atom. The van der Waals surface area contributed by atoms with Crippen LogP contribution in [0.2, 0.25) is 0 Å². The second-order valence-electron chi connectivity index (χ2n) is 3.94. The molecule has 0 aromatic heterocycles. The van der Waals surface area contributed by atoms with Gasteiger partial charge in [-0.15, -0.1) is 0 Å². The number of nitrogens with one attached hydrogen (secondary N) is 2. The molecule has 2 N–H and O–H groups in total. The Morgan fingerprint density at radius 1 is 1.11 bits per heavy atom. The van der Waals surface area contributed by atoms with Crippen molar-refractivity contribution in [1.29, 1.82) is 0 Å². The van der Waals surface area contributed by atoms with Gasteiger partial charge in [0.1, 0.15) is 0 Å². The Labute approximate surface area is 112 Å². The minimum atomic E-state index is -0.105. The Kier molecular flexibility index (Phi) is 4.29. The first-order chi connectivity index (χ1) is 9.29. The van der Waals surface area contributed by atoms with Crippen LogP contribution < -0.4 is 10.7 Å². The standard InChI is InChI=1S/C15H15N3O/c1-16-15(19)13-7-5-6-12(10-13)11-17-18-14-8-3-2-4-9-14/h2-11,18H,1H3,(H,16,19). The van der Waals surface area contributed by atoms with Crippen molar-refractivity contribution in [2.75, 3.05) is 12.5 Å². The molecule has 0 atom stereocenters. The molecule has 2 rings (SSSR count). The lowest BCUT2D eigenvalue weighted by atomic mass is 10.1. The number of hydrogen-bond donors (Lipinski definition) is 2. The number of carbonyl (C=O) groups is 1. The monoisotopic (exact) mass is 253 g/mol. The summed E-state index contributed by atoms with van der Waals surface area (Å²) in [6, 6.07) is 16.9. The summed E-state index contributed by atoms with van der Waals surface area (Å²) in [5.41, 5.74) is 5.32. The van der Waals surface area contributed by atoms with E-state index in [2.05, 4.69) is 15.8 Å². The van der Waals surface area contributed by atoms with Gasteiger partial charge in [-0.3, -0.25) is 10.2 Å². The van der Waals surface area contributed by atoms with Crippen molar-refractivity contribution in [3.05, 3.63) is 65.7 Å². The largest absolute Gasteiger partial charge is 0.355 e. The van der Waals surface area contributed by atoms with Crippen molar-refractivity contribution < 1.29 is 4.79 Å². The number of nitrogens with zero attached hydrogens (tertiary/aromatic N) is 1. The van der Waals surface area contributed by atoms with Gasteiger partial charge in [0.25, 0.3) is 5.91 Å². The molecule has 0 radical (unpaired) electrons. The van der Waals surface area contributed by atoms with E-state index >= 15 is 0 Å². The van der Waals surface area contributed by atoms with Crippen LogP contribution in [0.25, 0.3) is 0 Å². The highest BCUT2D eigenvalue weighted by Crippen LogP contribution is 2.06. The smallest absolute Gasteiger partial charge is 0.251 e. The van der Waals surface area contributed by atoms with E-state index in [4.69, 9.17) is 0 Å². The van der Waals surface area contributed by atoms with Gasteiger partial charge in [-0.25, -0.2) is 0 Å². The van der Waals surface area contributed by atoms with Crippen molar-refractivity contribution >= 4 is 17.8 Å². The molecule has 96 valence electrons. The minimum Gasteiger partial charge on any atom is -0.355 e. The lowest BCUT2D eigenvalue weighted by molar-refractivity contribution is 0.0963. The van der Waals surface area contributed by atoms with Gasteiger partial charge in [-0.2, -0.15) is 5.10 Å². The van der Waals surface area contributed by atoms with Crippen molar-refractivity contribution in [2.45, 2.75) is 0 Å². The van der Waals surface area contributed by atoms with Crippen LogP contribution in [-0.4, -0.2) is 19.2 Å². The lowest BCUT2D eigenvalue weighted by Crippen LogP contribution is -2.17. The molecule has 4 heteroatoms. The Morgan fingerprint density at radius 2 is 1.89 bits per heavy atom. The SMILES string of the molecule is CNC(=O)c1cccc(C=NNc2ccccc2)c1. The normalized spacial score (nSPS) is 10.4. The summed E-state index contributed by atoms with van der Waals surface area (Å²) in [4.78, 5) is 11.5. The number of hydrogen-bond acceptors (Lipinski definition) is 3. The van der Waals surface area contributed by atoms with E-state index in [9.17, 15) is 4.79 Å². The summed E-state index contributed by atoms with van der Waals surface area (Å²) in [5, 5.41) is 6.72. The van der Waals surface area contributed by atoms with Gasteiger partial charge in [0.15, 0.2) is 0 Å². The first kappa shape index (κ1) is 12.8. The highest BCUT2D eigenvalue weighted by molar-refractivity contribution is 5.95. The van der Waals surface area contributed by atoms with Crippen LogP contribution in [0.1, 0.15) is 15.9 Å². The molecule has 2 aromatic rings. The Bertz CT molecular complexity index is 579. The van der Waals surface area contributed by atoms with Gasteiger partial charge in [-0.05, 0) is 29.8 Å². The average Bonchev–Trinajstić information content (AvgIpc) is 2.48. The molecule has 1 amide bonds. The molecule has 0 aliphatic rings. The molecular formula is C15H15N3O. The fourth-order valence-corrected chi connectivity index (χ4v) is 1.60. The number of para-hydroxylation sites is 1. The maximum absolute atomic E-state index is 11.5.